The van der Waals surface area contributed by atoms with Crippen molar-refractivity contribution in [2.75, 3.05) is 45.8 Å². The highest BCUT2D eigenvalue weighted by molar-refractivity contribution is 5.96. The van der Waals surface area contributed by atoms with E-state index in [9.17, 15) is 9.59 Å². The number of piperazine rings is 1. The molecule has 1 aromatic rings. The largest absolute Gasteiger partial charge is 0.342 e. The number of amides is 2. The Hall–Kier alpha value is -2.14. The number of benzene rings is 1. The smallest absolute Gasteiger partial charge is 0.232 e. The van der Waals surface area contributed by atoms with Gasteiger partial charge in [-0.15, -0.1) is 0 Å². The van der Waals surface area contributed by atoms with E-state index in [1.807, 2.05) is 28.0 Å². The molecule has 27 heavy (non-hydrogen) atoms. The maximum atomic E-state index is 12.5. The topological polar surface area (TPSA) is 43.9 Å². The second-order valence-electron chi connectivity index (χ2n) is 7.05. The van der Waals surface area contributed by atoms with Crippen LogP contribution >= 0.6 is 0 Å². The number of carbonyl (C=O) groups excluding carboxylic acids is 2. The molecule has 1 heterocycles. The van der Waals surface area contributed by atoms with Crippen LogP contribution in [0.2, 0.25) is 0 Å². The summed E-state index contributed by atoms with van der Waals surface area (Å²) in [6.45, 7) is 9.59. The first-order valence-corrected chi connectivity index (χ1v) is 10.1. The lowest BCUT2D eigenvalue weighted by molar-refractivity contribution is -0.141. The van der Waals surface area contributed by atoms with Crippen molar-refractivity contribution in [3.05, 3.63) is 42.0 Å². The minimum absolute atomic E-state index is 0.00785. The molecule has 1 fully saturated rings. The normalized spacial score (nSPS) is 15.3. The van der Waals surface area contributed by atoms with E-state index in [1.165, 1.54) is 5.56 Å². The van der Waals surface area contributed by atoms with Gasteiger partial charge in [0.25, 0.3) is 0 Å². The average molecular weight is 372 g/mol. The van der Waals surface area contributed by atoms with Crippen LogP contribution < -0.4 is 0 Å². The summed E-state index contributed by atoms with van der Waals surface area (Å²) in [4.78, 5) is 30.8. The van der Waals surface area contributed by atoms with Gasteiger partial charge < -0.3 is 9.80 Å². The number of nitrogens with zero attached hydrogens (tertiary/aromatic N) is 3. The quantitative estimate of drug-likeness (QED) is 0.627. The predicted molar refractivity (Wildman–Crippen MR) is 110 cm³/mol. The Kier molecular flexibility index (Phi) is 9.05. The zero-order chi connectivity index (χ0) is 19.5. The lowest BCUT2D eigenvalue weighted by Gasteiger charge is -2.34. The van der Waals surface area contributed by atoms with Crippen LogP contribution in [0.25, 0.3) is 6.08 Å². The molecule has 0 unspecified atom stereocenters. The predicted octanol–water partition coefficient (Wildman–Crippen LogP) is 2.88. The van der Waals surface area contributed by atoms with Gasteiger partial charge in [0, 0.05) is 45.8 Å². The third-order valence-corrected chi connectivity index (χ3v) is 4.84. The van der Waals surface area contributed by atoms with Gasteiger partial charge in [0.05, 0.1) is 0 Å². The van der Waals surface area contributed by atoms with E-state index in [-0.39, 0.29) is 18.2 Å². The summed E-state index contributed by atoms with van der Waals surface area (Å²) in [5.41, 5.74) is 1.20. The first kappa shape index (κ1) is 21.2. The number of hydrogen-bond acceptors (Lipinski definition) is 3. The summed E-state index contributed by atoms with van der Waals surface area (Å²) in [7, 11) is 0. The molecule has 0 bridgehead atoms. The molecular formula is C22H33N3O2. The van der Waals surface area contributed by atoms with E-state index >= 15 is 0 Å². The highest BCUT2D eigenvalue weighted by Gasteiger charge is 2.24. The lowest BCUT2D eigenvalue weighted by Crippen LogP contribution is -2.49. The molecule has 0 spiro atoms. The molecular weight excluding hydrogens is 338 g/mol. The van der Waals surface area contributed by atoms with Crippen molar-refractivity contribution in [1.82, 2.24) is 14.7 Å². The Labute approximate surface area is 163 Å². The van der Waals surface area contributed by atoms with Gasteiger partial charge in [0.2, 0.25) is 11.8 Å². The summed E-state index contributed by atoms with van der Waals surface area (Å²) in [6, 6.07) is 10.3. The summed E-state index contributed by atoms with van der Waals surface area (Å²) >= 11 is 0. The zero-order valence-corrected chi connectivity index (χ0v) is 16.8. The SMILES string of the molecule is CCCN(CCC)C(=O)CC(=O)N1CCN(C/C=C/c2ccccc2)CC1. The van der Waals surface area contributed by atoms with Gasteiger partial charge in [-0.2, -0.15) is 0 Å². The van der Waals surface area contributed by atoms with Crippen LogP contribution in [0.4, 0.5) is 0 Å². The molecule has 148 valence electrons. The zero-order valence-electron chi connectivity index (χ0n) is 16.8. The molecule has 0 atom stereocenters. The molecule has 5 heteroatoms. The molecule has 2 amide bonds. The third-order valence-electron chi connectivity index (χ3n) is 4.84. The molecule has 1 aromatic carbocycles. The molecule has 0 aromatic heterocycles. The fraction of sp³-hybridized carbons (Fsp3) is 0.545. The van der Waals surface area contributed by atoms with Crippen LogP contribution in [0.3, 0.4) is 0 Å². The summed E-state index contributed by atoms with van der Waals surface area (Å²) in [5.74, 6) is -0.0615. The minimum atomic E-state index is -0.0308. The van der Waals surface area contributed by atoms with Crippen LogP contribution in [0, 0.1) is 0 Å². The standard InChI is InChI=1S/C22H33N3O2/c1-3-12-24(13-4-2)21(26)19-22(27)25-17-15-23(16-18-25)14-8-11-20-9-6-5-7-10-20/h5-11H,3-4,12-19H2,1-2H3/b11-8+. The number of rotatable bonds is 9. The first-order chi connectivity index (χ1) is 13.1. The van der Waals surface area contributed by atoms with Gasteiger partial charge in [-0.05, 0) is 18.4 Å². The van der Waals surface area contributed by atoms with Crippen molar-refractivity contribution in [1.29, 1.82) is 0 Å². The molecule has 1 saturated heterocycles. The van der Waals surface area contributed by atoms with Crippen LogP contribution in [-0.2, 0) is 9.59 Å². The summed E-state index contributed by atoms with van der Waals surface area (Å²) < 4.78 is 0. The highest BCUT2D eigenvalue weighted by Crippen LogP contribution is 2.07. The molecule has 1 aliphatic rings. The van der Waals surface area contributed by atoms with Crippen molar-refractivity contribution < 1.29 is 9.59 Å². The van der Waals surface area contributed by atoms with Gasteiger partial charge in [-0.1, -0.05) is 56.3 Å². The van der Waals surface area contributed by atoms with Crippen LogP contribution in [0.15, 0.2) is 36.4 Å². The summed E-state index contributed by atoms with van der Waals surface area (Å²) in [5, 5.41) is 0. The average Bonchev–Trinajstić information content (AvgIpc) is 2.69. The Morgan fingerprint density at radius 2 is 1.63 bits per heavy atom. The molecule has 2 rings (SSSR count). The first-order valence-electron chi connectivity index (χ1n) is 10.1. The monoisotopic (exact) mass is 371 g/mol. The van der Waals surface area contributed by atoms with Gasteiger partial charge in [0.1, 0.15) is 6.42 Å². The maximum Gasteiger partial charge on any atom is 0.232 e. The van der Waals surface area contributed by atoms with E-state index < -0.39 is 0 Å². The Morgan fingerprint density at radius 3 is 2.22 bits per heavy atom. The molecule has 0 aliphatic carbocycles. The van der Waals surface area contributed by atoms with Crippen molar-refractivity contribution >= 4 is 17.9 Å². The maximum absolute atomic E-state index is 12.5. The summed E-state index contributed by atoms with van der Waals surface area (Å²) in [6.07, 6.45) is 6.16. The second-order valence-corrected chi connectivity index (χ2v) is 7.05. The van der Waals surface area contributed by atoms with Crippen LogP contribution in [0.1, 0.15) is 38.7 Å². The Balaban J connectivity index is 1.73. The van der Waals surface area contributed by atoms with Gasteiger partial charge in [-0.3, -0.25) is 14.5 Å². The van der Waals surface area contributed by atoms with E-state index in [4.69, 9.17) is 0 Å². The molecule has 0 radical (unpaired) electrons. The van der Waals surface area contributed by atoms with Crippen molar-refractivity contribution in [3.8, 4) is 0 Å². The molecule has 1 aliphatic heterocycles. The fourth-order valence-electron chi connectivity index (χ4n) is 3.34. The van der Waals surface area contributed by atoms with E-state index in [0.29, 0.717) is 13.1 Å². The number of carbonyl (C=O) groups is 2. The van der Waals surface area contributed by atoms with Crippen LogP contribution in [-0.4, -0.2) is 72.3 Å². The van der Waals surface area contributed by atoms with Crippen LogP contribution in [0.5, 0.6) is 0 Å². The second kappa shape index (κ2) is 11.5. The van der Waals surface area contributed by atoms with Gasteiger partial charge in [0.15, 0.2) is 0 Å². The van der Waals surface area contributed by atoms with Crippen molar-refractivity contribution in [2.24, 2.45) is 0 Å². The fourth-order valence-corrected chi connectivity index (χ4v) is 3.34. The highest BCUT2D eigenvalue weighted by atomic mass is 16.2. The van der Waals surface area contributed by atoms with Gasteiger partial charge in [-0.25, -0.2) is 0 Å². The minimum Gasteiger partial charge on any atom is -0.342 e. The molecule has 0 N–H and O–H groups in total. The number of hydrogen-bond donors (Lipinski definition) is 0. The molecule has 0 saturated carbocycles. The lowest BCUT2D eigenvalue weighted by atomic mass is 10.2. The van der Waals surface area contributed by atoms with E-state index in [2.05, 4.69) is 43.0 Å². The molecule has 5 nitrogen and oxygen atoms in total. The Bertz CT molecular complexity index is 601. The van der Waals surface area contributed by atoms with Crippen molar-refractivity contribution in [3.63, 3.8) is 0 Å². The van der Waals surface area contributed by atoms with E-state index in [1.54, 1.807) is 0 Å². The van der Waals surface area contributed by atoms with Crippen molar-refractivity contribution in [2.45, 2.75) is 33.1 Å². The van der Waals surface area contributed by atoms with Gasteiger partial charge >= 0.3 is 0 Å². The van der Waals surface area contributed by atoms with E-state index in [0.717, 1.165) is 45.6 Å². The third kappa shape index (κ3) is 7.18. The Morgan fingerprint density at radius 1 is 1.00 bits per heavy atom.